The number of pyridine rings is 1. The molecule has 1 saturated heterocycles. The second kappa shape index (κ2) is 5.22. The van der Waals surface area contributed by atoms with Crippen molar-refractivity contribution < 1.29 is 21.6 Å². The van der Waals surface area contributed by atoms with Gasteiger partial charge in [0.1, 0.15) is 0 Å². The van der Waals surface area contributed by atoms with E-state index in [4.69, 9.17) is 0 Å². The molecule has 0 aromatic carbocycles. The zero-order chi connectivity index (χ0) is 16.0. The molecule has 22 heavy (non-hydrogen) atoms. The minimum atomic E-state index is -4.56. The molecule has 2 aromatic rings. The van der Waals surface area contributed by atoms with Crippen LogP contribution in [0.2, 0.25) is 0 Å². The van der Waals surface area contributed by atoms with Crippen molar-refractivity contribution >= 4 is 20.7 Å². The van der Waals surface area contributed by atoms with Crippen molar-refractivity contribution in [3.05, 3.63) is 24.2 Å². The Labute approximate surface area is 125 Å². The topological polar surface area (TPSA) is 64.8 Å². The molecule has 0 amide bonds. The van der Waals surface area contributed by atoms with Gasteiger partial charge in [-0.3, -0.25) is 9.67 Å². The highest BCUT2D eigenvalue weighted by Gasteiger charge is 2.37. The van der Waals surface area contributed by atoms with Crippen molar-refractivity contribution in [1.29, 1.82) is 0 Å². The molecule has 1 unspecified atom stereocenters. The molecule has 5 nitrogen and oxygen atoms in total. The van der Waals surface area contributed by atoms with Gasteiger partial charge in [0, 0.05) is 18.9 Å². The highest BCUT2D eigenvalue weighted by Crippen LogP contribution is 2.34. The van der Waals surface area contributed by atoms with Gasteiger partial charge in [-0.25, -0.2) is 8.42 Å². The SMILES string of the molecule is O=S1(=O)CCCC(Cn2nc(C(F)(F)F)c3cnccc32)C1. The van der Waals surface area contributed by atoms with Gasteiger partial charge in [0.2, 0.25) is 0 Å². The van der Waals surface area contributed by atoms with Crippen molar-refractivity contribution in [1.82, 2.24) is 14.8 Å². The summed E-state index contributed by atoms with van der Waals surface area (Å²) in [5.41, 5.74) is -0.653. The highest BCUT2D eigenvalue weighted by atomic mass is 32.2. The van der Waals surface area contributed by atoms with Crippen molar-refractivity contribution in [2.45, 2.75) is 25.6 Å². The zero-order valence-electron chi connectivity index (χ0n) is 11.5. The maximum Gasteiger partial charge on any atom is 0.435 e. The lowest BCUT2D eigenvalue weighted by molar-refractivity contribution is -0.140. The molecule has 3 heterocycles. The normalized spacial score (nSPS) is 22.0. The smallest absolute Gasteiger partial charge is 0.264 e. The van der Waals surface area contributed by atoms with Crippen LogP contribution in [0.4, 0.5) is 13.2 Å². The fourth-order valence-electron chi connectivity index (χ4n) is 2.88. The average Bonchev–Trinajstić information content (AvgIpc) is 2.77. The van der Waals surface area contributed by atoms with Gasteiger partial charge >= 0.3 is 6.18 Å². The number of fused-ring (bicyclic) bond motifs is 1. The summed E-state index contributed by atoms with van der Waals surface area (Å²) in [5, 5.41) is 3.60. The van der Waals surface area contributed by atoms with Crippen molar-refractivity contribution in [3.63, 3.8) is 0 Å². The Hall–Kier alpha value is -1.64. The Balaban J connectivity index is 1.98. The van der Waals surface area contributed by atoms with Crippen LogP contribution in [0.25, 0.3) is 10.9 Å². The molecule has 1 aliphatic heterocycles. The van der Waals surface area contributed by atoms with E-state index in [-0.39, 0.29) is 29.4 Å². The van der Waals surface area contributed by atoms with E-state index in [0.717, 1.165) is 6.20 Å². The van der Waals surface area contributed by atoms with Crippen molar-refractivity contribution in [3.8, 4) is 0 Å². The first-order valence-electron chi connectivity index (χ1n) is 6.84. The van der Waals surface area contributed by atoms with Crippen LogP contribution in [0, 0.1) is 5.92 Å². The molecular weight excluding hydrogens is 319 g/mol. The number of nitrogens with zero attached hydrogens (tertiary/aromatic N) is 3. The van der Waals surface area contributed by atoms with E-state index in [1.807, 2.05) is 0 Å². The summed E-state index contributed by atoms with van der Waals surface area (Å²) >= 11 is 0. The summed E-state index contributed by atoms with van der Waals surface area (Å²) in [4.78, 5) is 3.72. The van der Waals surface area contributed by atoms with Crippen LogP contribution >= 0.6 is 0 Å². The molecule has 1 atom stereocenters. The Kier molecular flexibility index (Phi) is 3.62. The van der Waals surface area contributed by atoms with Gasteiger partial charge < -0.3 is 0 Å². The Morgan fingerprint density at radius 3 is 2.82 bits per heavy atom. The van der Waals surface area contributed by atoms with E-state index in [9.17, 15) is 21.6 Å². The quantitative estimate of drug-likeness (QED) is 0.846. The van der Waals surface area contributed by atoms with Crippen LogP contribution in [0.3, 0.4) is 0 Å². The molecule has 2 aromatic heterocycles. The van der Waals surface area contributed by atoms with Crippen LogP contribution < -0.4 is 0 Å². The summed E-state index contributed by atoms with van der Waals surface area (Å²) in [5.74, 6) is -0.0573. The van der Waals surface area contributed by atoms with E-state index in [1.165, 1.54) is 16.9 Å². The monoisotopic (exact) mass is 333 g/mol. The predicted molar refractivity (Wildman–Crippen MR) is 73.9 cm³/mol. The summed E-state index contributed by atoms with van der Waals surface area (Å²) < 4.78 is 63.7. The Bertz CT molecular complexity index is 798. The van der Waals surface area contributed by atoms with Crippen LogP contribution in [0.5, 0.6) is 0 Å². The lowest BCUT2D eigenvalue weighted by Gasteiger charge is -2.22. The third-order valence-electron chi connectivity index (χ3n) is 3.81. The molecule has 1 fully saturated rings. The number of halogens is 3. The van der Waals surface area contributed by atoms with Crippen molar-refractivity contribution in [2.75, 3.05) is 11.5 Å². The number of rotatable bonds is 2. The maximum atomic E-state index is 13.0. The number of sulfone groups is 1. The Morgan fingerprint density at radius 1 is 1.36 bits per heavy atom. The molecule has 0 radical (unpaired) electrons. The lowest BCUT2D eigenvalue weighted by Crippen LogP contribution is -2.28. The van der Waals surface area contributed by atoms with Crippen LogP contribution in [-0.2, 0) is 22.6 Å². The standard InChI is InChI=1S/C13H14F3N3O2S/c14-13(15,16)12-10-6-17-4-3-11(10)19(18-12)7-9-2-1-5-22(20,21)8-9/h3-4,6,9H,1-2,5,7-8H2. The number of hydrogen-bond donors (Lipinski definition) is 0. The highest BCUT2D eigenvalue weighted by molar-refractivity contribution is 7.91. The van der Waals surface area contributed by atoms with E-state index in [0.29, 0.717) is 18.4 Å². The minimum Gasteiger partial charge on any atom is -0.264 e. The van der Waals surface area contributed by atoms with E-state index >= 15 is 0 Å². The fraction of sp³-hybridized carbons (Fsp3) is 0.538. The average molecular weight is 333 g/mol. The maximum absolute atomic E-state index is 13.0. The largest absolute Gasteiger partial charge is 0.435 e. The summed E-state index contributed by atoms with van der Waals surface area (Å²) in [7, 11) is -3.10. The lowest BCUT2D eigenvalue weighted by atomic mass is 10.1. The molecule has 0 aliphatic carbocycles. The summed E-state index contributed by atoms with van der Waals surface area (Å²) in [6.45, 7) is 0.163. The molecule has 0 N–H and O–H groups in total. The third kappa shape index (κ3) is 2.94. The van der Waals surface area contributed by atoms with Gasteiger partial charge in [0.25, 0.3) is 0 Å². The molecule has 0 bridgehead atoms. The minimum absolute atomic E-state index is 0.000782. The number of hydrogen-bond acceptors (Lipinski definition) is 4. The molecule has 9 heteroatoms. The van der Waals surface area contributed by atoms with Gasteiger partial charge in [0.15, 0.2) is 15.5 Å². The zero-order valence-corrected chi connectivity index (χ0v) is 12.4. The second-order valence-corrected chi connectivity index (χ2v) is 7.77. The molecular formula is C13H14F3N3O2S. The predicted octanol–water partition coefficient (Wildman–Crippen LogP) is 2.27. The number of aromatic nitrogens is 3. The summed E-state index contributed by atoms with van der Waals surface area (Å²) in [6, 6.07) is 1.47. The van der Waals surface area contributed by atoms with Gasteiger partial charge in [0.05, 0.1) is 22.4 Å². The van der Waals surface area contributed by atoms with Gasteiger partial charge in [-0.05, 0) is 24.8 Å². The molecule has 3 rings (SSSR count). The first kappa shape index (κ1) is 15.3. The first-order chi connectivity index (χ1) is 10.3. The third-order valence-corrected chi connectivity index (χ3v) is 5.70. The van der Waals surface area contributed by atoms with E-state index < -0.39 is 21.7 Å². The molecule has 1 aliphatic rings. The van der Waals surface area contributed by atoms with Crippen molar-refractivity contribution in [2.24, 2.45) is 5.92 Å². The molecule has 120 valence electrons. The van der Waals surface area contributed by atoms with Gasteiger partial charge in [-0.15, -0.1) is 0 Å². The summed E-state index contributed by atoms with van der Waals surface area (Å²) in [6.07, 6.45) is -0.810. The Morgan fingerprint density at radius 2 is 2.14 bits per heavy atom. The second-order valence-electron chi connectivity index (χ2n) is 5.54. The van der Waals surface area contributed by atoms with E-state index in [1.54, 1.807) is 0 Å². The van der Waals surface area contributed by atoms with Crippen LogP contribution in [-0.4, -0.2) is 34.7 Å². The van der Waals surface area contributed by atoms with Crippen LogP contribution in [0.1, 0.15) is 18.5 Å². The first-order valence-corrected chi connectivity index (χ1v) is 8.66. The number of alkyl halides is 3. The fourth-order valence-corrected chi connectivity index (χ4v) is 4.64. The van der Waals surface area contributed by atoms with Gasteiger partial charge in [-0.2, -0.15) is 18.3 Å². The van der Waals surface area contributed by atoms with E-state index in [2.05, 4.69) is 10.1 Å². The van der Waals surface area contributed by atoms with Gasteiger partial charge in [-0.1, -0.05) is 0 Å². The molecule has 0 spiro atoms. The van der Waals surface area contributed by atoms with Crippen LogP contribution in [0.15, 0.2) is 18.5 Å². The molecule has 0 saturated carbocycles.